The van der Waals surface area contributed by atoms with E-state index in [1.165, 1.54) is 76.0 Å². The molecule has 20 heavy (non-hydrogen) atoms. The minimum absolute atomic E-state index is 0.837. The normalized spacial score (nSPS) is 25.1. The van der Waals surface area contributed by atoms with Crippen LogP contribution >= 0.6 is 0 Å². The Kier molecular flexibility index (Phi) is 4.74. The molecule has 3 rings (SSSR count). The number of nitrogens with zero attached hydrogens (tertiary/aromatic N) is 2. The molecule has 0 spiro atoms. The summed E-state index contributed by atoms with van der Waals surface area (Å²) in [5, 5.41) is 0. The average molecular weight is 272 g/mol. The fourth-order valence-corrected chi connectivity index (χ4v) is 3.81. The van der Waals surface area contributed by atoms with Crippen LogP contribution in [0.25, 0.3) is 0 Å². The number of fused-ring (bicyclic) bond motifs is 1. The maximum absolute atomic E-state index is 2.75. The standard InChI is InChI=1S/C18H28N2/c1-16-6-4-7-17(14-16)9-13-19-10-5-12-20-11-3-2-8-18(20)15-19/h4,6-7,14,18H,2-3,5,8-13,15H2,1H3. The van der Waals surface area contributed by atoms with Crippen LogP contribution in [0.5, 0.6) is 0 Å². The molecule has 0 aromatic heterocycles. The average Bonchev–Trinajstić information content (AvgIpc) is 2.67. The van der Waals surface area contributed by atoms with Crippen LogP contribution in [0.1, 0.15) is 36.8 Å². The van der Waals surface area contributed by atoms with Crippen LogP contribution in [0.15, 0.2) is 24.3 Å². The van der Waals surface area contributed by atoms with Crippen molar-refractivity contribution < 1.29 is 0 Å². The van der Waals surface area contributed by atoms with Crippen LogP contribution in [-0.2, 0) is 6.42 Å². The third-order valence-corrected chi connectivity index (χ3v) is 4.94. The van der Waals surface area contributed by atoms with Crippen LogP contribution < -0.4 is 0 Å². The van der Waals surface area contributed by atoms with Crippen LogP contribution in [0, 0.1) is 6.92 Å². The largest absolute Gasteiger partial charge is 0.301 e. The first-order valence-corrected chi connectivity index (χ1v) is 8.33. The second-order valence-corrected chi connectivity index (χ2v) is 6.58. The summed E-state index contributed by atoms with van der Waals surface area (Å²) < 4.78 is 0. The fraction of sp³-hybridized carbons (Fsp3) is 0.667. The molecule has 110 valence electrons. The molecular weight excluding hydrogens is 244 g/mol. The molecule has 2 aliphatic heterocycles. The van der Waals surface area contributed by atoms with E-state index >= 15 is 0 Å². The summed E-state index contributed by atoms with van der Waals surface area (Å²) in [4.78, 5) is 5.45. The highest BCUT2D eigenvalue weighted by Crippen LogP contribution is 2.21. The van der Waals surface area contributed by atoms with Gasteiger partial charge in [-0.15, -0.1) is 0 Å². The van der Waals surface area contributed by atoms with Crippen LogP contribution in [0.3, 0.4) is 0 Å². The fourth-order valence-electron chi connectivity index (χ4n) is 3.81. The van der Waals surface area contributed by atoms with E-state index in [4.69, 9.17) is 0 Å². The zero-order chi connectivity index (χ0) is 13.8. The van der Waals surface area contributed by atoms with E-state index in [1.807, 2.05) is 0 Å². The van der Waals surface area contributed by atoms with Gasteiger partial charge in [-0.2, -0.15) is 0 Å². The Morgan fingerprint density at radius 1 is 1.10 bits per heavy atom. The molecule has 2 aliphatic rings. The second-order valence-electron chi connectivity index (χ2n) is 6.58. The minimum Gasteiger partial charge on any atom is -0.301 e. The van der Waals surface area contributed by atoms with Crippen molar-refractivity contribution in [3.63, 3.8) is 0 Å². The van der Waals surface area contributed by atoms with E-state index in [1.54, 1.807) is 0 Å². The van der Waals surface area contributed by atoms with E-state index in [9.17, 15) is 0 Å². The molecule has 1 atom stereocenters. The van der Waals surface area contributed by atoms with Crippen molar-refractivity contribution in [1.82, 2.24) is 9.80 Å². The Morgan fingerprint density at radius 2 is 2.00 bits per heavy atom. The van der Waals surface area contributed by atoms with Gasteiger partial charge in [-0.05, 0) is 57.8 Å². The predicted molar refractivity (Wildman–Crippen MR) is 85.2 cm³/mol. The van der Waals surface area contributed by atoms with Gasteiger partial charge in [-0.3, -0.25) is 4.90 Å². The number of aryl methyl sites for hydroxylation is 1. The van der Waals surface area contributed by atoms with E-state index in [0.29, 0.717) is 0 Å². The first-order chi connectivity index (χ1) is 9.81. The molecule has 2 saturated heterocycles. The lowest BCUT2D eigenvalue weighted by Gasteiger charge is -2.35. The number of hydrogen-bond acceptors (Lipinski definition) is 2. The van der Waals surface area contributed by atoms with E-state index in [0.717, 1.165) is 6.04 Å². The summed E-state index contributed by atoms with van der Waals surface area (Å²) in [5.41, 5.74) is 2.88. The Bertz CT molecular complexity index is 429. The lowest BCUT2D eigenvalue weighted by Crippen LogP contribution is -2.44. The van der Waals surface area contributed by atoms with Crippen LogP contribution in [0.4, 0.5) is 0 Å². The summed E-state index contributed by atoms with van der Waals surface area (Å²) in [7, 11) is 0. The molecule has 1 aromatic rings. The Hall–Kier alpha value is -0.860. The first-order valence-electron chi connectivity index (χ1n) is 8.33. The van der Waals surface area contributed by atoms with E-state index in [2.05, 4.69) is 41.0 Å². The van der Waals surface area contributed by atoms with Crippen LogP contribution in [0.2, 0.25) is 0 Å². The Morgan fingerprint density at radius 3 is 2.90 bits per heavy atom. The van der Waals surface area contributed by atoms with Crippen molar-refractivity contribution in [1.29, 1.82) is 0 Å². The number of rotatable bonds is 3. The molecule has 0 N–H and O–H groups in total. The minimum atomic E-state index is 0.837. The third-order valence-electron chi connectivity index (χ3n) is 4.94. The Labute approximate surface area is 123 Å². The van der Waals surface area contributed by atoms with Crippen molar-refractivity contribution in [3.8, 4) is 0 Å². The van der Waals surface area contributed by atoms with E-state index < -0.39 is 0 Å². The van der Waals surface area contributed by atoms with Gasteiger partial charge in [0.1, 0.15) is 0 Å². The van der Waals surface area contributed by atoms with Crippen molar-refractivity contribution >= 4 is 0 Å². The highest BCUT2D eigenvalue weighted by molar-refractivity contribution is 5.22. The van der Waals surface area contributed by atoms with Gasteiger partial charge in [-0.1, -0.05) is 36.2 Å². The summed E-state index contributed by atoms with van der Waals surface area (Å²) in [5.74, 6) is 0. The summed E-state index contributed by atoms with van der Waals surface area (Å²) in [6.45, 7) is 8.68. The van der Waals surface area contributed by atoms with Gasteiger partial charge in [0.2, 0.25) is 0 Å². The number of piperidine rings is 1. The zero-order valence-corrected chi connectivity index (χ0v) is 12.9. The van der Waals surface area contributed by atoms with Gasteiger partial charge < -0.3 is 4.90 Å². The number of hydrogen-bond donors (Lipinski definition) is 0. The van der Waals surface area contributed by atoms with Gasteiger partial charge in [-0.25, -0.2) is 0 Å². The summed E-state index contributed by atoms with van der Waals surface area (Å²) in [6.07, 6.45) is 6.83. The van der Waals surface area contributed by atoms with Gasteiger partial charge in [0.25, 0.3) is 0 Å². The smallest absolute Gasteiger partial charge is 0.0223 e. The quantitative estimate of drug-likeness (QED) is 0.834. The molecule has 0 aliphatic carbocycles. The van der Waals surface area contributed by atoms with Gasteiger partial charge >= 0.3 is 0 Å². The van der Waals surface area contributed by atoms with Crippen molar-refractivity contribution in [3.05, 3.63) is 35.4 Å². The van der Waals surface area contributed by atoms with Gasteiger partial charge in [0.15, 0.2) is 0 Å². The molecule has 2 nitrogen and oxygen atoms in total. The Balaban J connectivity index is 1.54. The first kappa shape index (κ1) is 14.1. The van der Waals surface area contributed by atoms with Crippen molar-refractivity contribution in [2.45, 2.75) is 45.1 Å². The summed E-state index contributed by atoms with van der Waals surface area (Å²) >= 11 is 0. The maximum Gasteiger partial charge on any atom is 0.0223 e. The number of benzene rings is 1. The lowest BCUT2D eigenvalue weighted by molar-refractivity contribution is 0.137. The second kappa shape index (κ2) is 6.73. The molecule has 0 radical (unpaired) electrons. The molecule has 2 heterocycles. The predicted octanol–water partition coefficient (Wildman–Crippen LogP) is 3.10. The maximum atomic E-state index is 2.75. The SMILES string of the molecule is Cc1cccc(CCN2CCCN3CCCCC3C2)c1. The van der Waals surface area contributed by atoms with Crippen LogP contribution in [-0.4, -0.2) is 48.6 Å². The summed E-state index contributed by atoms with van der Waals surface area (Å²) in [6, 6.07) is 9.83. The lowest BCUT2D eigenvalue weighted by atomic mass is 10.0. The molecule has 1 aromatic carbocycles. The molecular formula is C18H28N2. The van der Waals surface area contributed by atoms with Crippen molar-refractivity contribution in [2.24, 2.45) is 0 Å². The monoisotopic (exact) mass is 272 g/mol. The van der Waals surface area contributed by atoms with E-state index in [-0.39, 0.29) is 0 Å². The molecule has 2 heteroatoms. The topological polar surface area (TPSA) is 6.48 Å². The highest BCUT2D eigenvalue weighted by atomic mass is 15.2. The van der Waals surface area contributed by atoms with Gasteiger partial charge in [0, 0.05) is 19.1 Å². The zero-order valence-electron chi connectivity index (χ0n) is 12.9. The highest BCUT2D eigenvalue weighted by Gasteiger charge is 2.26. The molecule has 0 saturated carbocycles. The van der Waals surface area contributed by atoms with Crippen molar-refractivity contribution in [2.75, 3.05) is 32.7 Å². The van der Waals surface area contributed by atoms with Gasteiger partial charge in [0.05, 0.1) is 0 Å². The molecule has 0 bridgehead atoms. The molecule has 1 unspecified atom stereocenters. The molecule has 0 amide bonds. The third kappa shape index (κ3) is 3.62. The molecule has 2 fully saturated rings.